The standard InChI is InChI=1S/C9H13N3O2S/c1-2-3-4-5-9(10)15(13,14)12-7-6-11-8-12/h2,6-8,10H,1,3-5H2. The van der Waals surface area contributed by atoms with Gasteiger partial charge in [0.2, 0.25) is 0 Å². The molecule has 0 aliphatic rings. The van der Waals surface area contributed by atoms with Gasteiger partial charge in [0.1, 0.15) is 11.4 Å². The summed E-state index contributed by atoms with van der Waals surface area (Å²) in [7, 11) is -3.67. The van der Waals surface area contributed by atoms with Gasteiger partial charge < -0.3 is 0 Å². The fourth-order valence-electron chi connectivity index (χ4n) is 1.05. The van der Waals surface area contributed by atoms with Crippen molar-refractivity contribution in [1.82, 2.24) is 8.96 Å². The molecule has 15 heavy (non-hydrogen) atoms. The Hall–Kier alpha value is -1.43. The van der Waals surface area contributed by atoms with Crippen LogP contribution in [0.4, 0.5) is 0 Å². The lowest BCUT2D eigenvalue weighted by Gasteiger charge is -2.05. The van der Waals surface area contributed by atoms with Crippen molar-refractivity contribution in [2.75, 3.05) is 0 Å². The van der Waals surface area contributed by atoms with E-state index in [9.17, 15) is 8.42 Å². The molecule has 0 fully saturated rings. The topological polar surface area (TPSA) is 75.8 Å². The molecular formula is C9H13N3O2S. The van der Waals surface area contributed by atoms with Crippen LogP contribution in [-0.2, 0) is 10.0 Å². The number of aromatic nitrogens is 2. The Morgan fingerprint density at radius 3 is 2.87 bits per heavy atom. The smallest absolute Gasteiger partial charge is 0.281 e. The van der Waals surface area contributed by atoms with E-state index in [1.54, 1.807) is 6.08 Å². The molecule has 6 heteroatoms. The molecule has 0 unspecified atom stereocenters. The van der Waals surface area contributed by atoms with Crippen LogP contribution in [-0.4, -0.2) is 22.4 Å². The lowest BCUT2D eigenvalue weighted by atomic mass is 10.2. The number of imidazole rings is 1. The highest BCUT2D eigenvalue weighted by Gasteiger charge is 2.18. The SMILES string of the molecule is C=CCCCC(=N)S(=O)(=O)n1ccnc1. The van der Waals surface area contributed by atoms with Crippen LogP contribution in [0.1, 0.15) is 19.3 Å². The normalized spacial score (nSPS) is 11.2. The molecule has 0 aromatic carbocycles. The largest absolute Gasteiger partial charge is 0.292 e. The molecule has 1 rings (SSSR count). The average Bonchev–Trinajstić information content (AvgIpc) is 2.71. The van der Waals surface area contributed by atoms with Gasteiger partial charge in [-0.2, -0.15) is 8.42 Å². The predicted octanol–water partition coefficient (Wildman–Crippen LogP) is 1.39. The number of allylic oxidation sites excluding steroid dienone is 1. The fraction of sp³-hybridized carbons (Fsp3) is 0.333. The van der Waals surface area contributed by atoms with Crippen LogP contribution in [0.2, 0.25) is 0 Å². The molecule has 1 N–H and O–H groups in total. The van der Waals surface area contributed by atoms with Crippen LogP contribution >= 0.6 is 0 Å². The number of hydrogen-bond acceptors (Lipinski definition) is 4. The number of rotatable bonds is 5. The second-order valence-electron chi connectivity index (χ2n) is 3.00. The van der Waals surface area contributed by atoms with Crippen molar-refractivity contribution < 1.29 is 8.42 Å². The molecule has 0 saturated heterocycles. The van der Waals surface area contributed by atoms with Crippen LogP contribution < -0.4 is 0 Å². The number of nitrogens with one attached hydrogen (secondary N) is 1. The summed E-state index contributed by atoms with van der Waals surface area (Å²) >= 11 is 0. The van der Waals surface area contributed by atoms with Crippen molar-refractivity contribution >= 4 is 15.1 Å². The third kappa shape index (κ3) is 2.76. The maximum absolute atomic E-state index is 11.7. The average molecular weight is 227 g/mol. The van der Waals surface area contributed by atoms with Gasteiger partial charge in [0, 0.05) is 18.8 Å². The maximum Gasteiger partial charge on any atom is 0.281 e. The lowest BCUT2D eigenvalue weighted by Crippen LogP contribution is -2.20. The molecule has 5 nitrogen and oxygen atoms in total. The van der Waals surface area contributed by atoms with Gasteiger partial charge in [-0.25, -0.2) is 8.96 Å². The Balaban J connectivity index is 2.71. The molecule has 0 amide bonds. The Bertz CT molecular complexity index is 434. The van der Waals surface area contributed by atoms with Gasteiger partial charge in [-0.1, -0.05) is 6.08 Å². The Labute approximate surface area is 89.0 Å². The summed E-state index contributed by atoms with van der Waals surface area (Å²) in [5.41, 5.74) is 0. The van der Waals surface area contributed by atoms with E-state index < -0.39 is 10.0 Å². The summed E-state index contributed by atoms with van der Waals surface area (Å²) in [5, 5.41) is 7.19. The Kier molecular flexibility index (Phi) is 3.79. The first-order valence-electron chi connectivity index (χ1n) is 4.51. The van der Waals surface area contributed by atoms with Crippen molar-refractivity contribution in [1.29, 1.82) is 5.41 Å². The molecule has 0 aliphatic heterocycles. The molecule has 0 bridgehead atoms. The monoisotopic (exact) mass is 227 g/mol. The van der Waals surface area contributed by atoms with Gasteiger partial charge in [0.15, 0.2) is 0 Å². The molecule has 0 saturated carbocycles. The highest BCUT2D eigenvalue weighted by molar-refractivity contribution is 8.04. The predicted molar refractivity (Wildman–Crippen MR) is 58.3 cm³/mol. The first kappa shape index (κ1) is 11.6. The molecule has 0 aliphatic carbocycles. The summed E-state index contributed by atoms with van der Waals surface area (Å²) in [6.07, 6.45) is 7.13. The lowest BCUT2D eigenvalue weighted by molar-refractivity contribution is 0.597. The Morgan fingerprint density at radius 2 is 2.33 bits per heavy atom. The van der Waals surface area contributed by atoms with Crippen molar-refractivity contribution in [3.05, 3.63) is 31.4 Å². The van der Waals surface area contributed by atoms with E-state index in [1.807, 2.05) is 0 Å². The molecule has 1 aromatic heterocycles. The second-order valence-corrected chi connectivity index (χ2v) is 4.87. The van der Waals surface area contributed by atoms with E-state index in [-0.39, 0.29) is 11.5 Å². The number of unbranched alkanes of at least 4 members (excludes halogenated alkanes) is 1. The maximum atomic E-state index is 11.7. The highest BCUT2D eigenvalue weighted by atomic mass is 32.2. The van der Waals surface area contributed by atoms with E-state index in [2.05, 4.69) is 11.6 Å². The summed E-state index contributed by atoms with van der Waals surface area (Å²) in [6, 6.07) is 0. The zero-order chi connectivity index (χ0) is 11.3. The van der Waals surface area contributed by atoms with E-state index in [0.717, 1.165) is 3.97 Å². The summed E-state index contributed by atoms with van der Waals surface area (Å²) in [5.74, 6) is 0. The zero-order valence-electron chi connectivity index (χ0n) is 8.26. The molecule has 0 radical (unpaired) electrons. The molecular weight excluding hydrogens is 214 g/mol. The highest BCUT2D eigenvalue weighted by Crippen LogP contribution is 2.06. The summed E-state index contributed by atoms with van der Waals surface area (Å²) in [6.45, 7) is 3.53. The number of nitrogens with zero attached hydrogens (tertiary/aromatic N) is 2. The van der Waals surface area contributed by atoms with Crippen LogP contribution in [0.15, 0.2) is 31.4 Å². The van der Waals surface area contributed by atoms with Crippen LogP contribution in [0.25, 0.3) is 0 Å². The van der Waals surface area contributed by atoms with Gasteiger partial charge in [-0.05, 0) is 12.8 Å². The third-order valence-electron chi connectivity index (χ3n) is 1.88. The molecule has 1 aromatic rings. The van der Waals surface area contributed by atoms with Gasteiger partial charge in [-0.3, -0.25) is 5.41 Å². The minimum absolute atomic E-state index is 0.229. The second kappa shape index (κ2) is 4.88. The van der Waals surface area contributed by atoms with Gasteiger partial charge in [-0.15, -0.1) is 6.58 Å². The van der Waals surface area contributed by atoms with Crippen molar-refractivity contribution in [3.63, 3.8) is 0 Å². The van der Waals surface area contributed by atoms with Crippen LogP contribution in [0.5, 0.6) is 0 Å². The van der Waals surface area contributed by atoms with Crippen molar-refractivity contribution in [2.24, 2.45) is 0 Å². The summed E-state index contributed by atoms with van der Waals surface area (Å²) < 4.78 is 24.3. The van der Waals surface area contributed by atoms with Crippen LogP contribution in [0, 0.1) is 5.41 Å². The minimum Gasteiger partial charge on any atom is -0.292 e. The van der Waals surface area contributed by atoms with E-state index >= 15 is 0 Å². The first-order valence-corrected chi connectivity index (χ1v) is 5.95. The molecule has 82 valence electrons. The zero-order valence-corrected chi connectivity index (χ0v) is 9.07. The third-order valence-corrected chi connectivity index (χ3v) is 3.48. The minimum atomic E-state index is -3.67. The van der Waals surface area contributed by atoms with Gasteiger partial charge in [0.25, 0.3) is 10.0 Å². The van der Waals surface area contributed by atoms with Gasteiger partial charge in [0.05, 0.1) is 0 Å². The molecule has 1 heterocycles. The first-order chi connectivity index (χ1) is 7.09. The summed E-state index contributed by atoms with van der Waals surface area (Å²) in [4.78, 5) is 3.64. The number of hydrogen-bond donors (Lipinski definition) is 1. The fourth-order valence-corrected chi connectivity index (χ4v) is 2.10. The van der Waals surface area contributed by atoms with Gasteiger partial charge >= 0.3 is 0 Å². The van der Waals surface area contributed by atoms with Crippen molar-refractivity contribution in [2.45, 2.75) is 19.3 Å². The van der Waals surface area contributed by atoms with E-state index in [1.165, 1.54) is 18.7 Å². The molecule has 0 spiro atoms. The molecule has 0 atom stereocenters. The Morgan fingerprint density at radius 1 is 1.60 bits per heavy atom. The van der Waals surface area contributed by atoms with Crippen LogP contribution in [0.3, 0.4) is 0 Å². The quantitative estimate of drug-likeness (QED) is 0.357. The van der Waals surface area contributed by atoms with E-state index in [0.29, 0.717) is 12.8 Å². The van der Waals surface area contributed by atoms with Crippen molar-refractivity contribution in [3.8, 4) is 0 Å². The van der Waals surface area contributed by atoms with E-state index in [4.69, 9.17) is 5.41 Å².